The van der Waals surface area contributed by atoms with Crippen LogP contribution >= 0.6 is 28.3 Å². The van der Waals surface area contributed by atoms with Crippen molar-refractivity contribution in [2.45, 2.75) is 10.8 Å². The molecule has 9 heteroatoms. The minimum Gasteiger partial charge on any atom is -0.493 e. The quantitative estimate of drug-likeness (QED) is 0.685. The lowest BCUT2D eigenvalue weighted by Crippen LogP contribution is -2.34. The Morgan fingerprint density at radius 1 is 1.21 bits per heavy atom. The summed E-state index contributed by atoms with van der Waals surface area (Å²) in [6.45, 7) is 3.35. The molecule has 1 saturated heterocycles. The van der Waals surface area contributed by atoms with Crippen molar-refractivity contribution in [1.82, 2.24) is 9.62 Å². The molecule has 2 aromatic carbocycles. The summed E-state index contributed by atoms with van der Waals surface area (Å²) in [5.41, 5.74) is 1.73. The average Bonchev–Trinajstić information content (AvgIpc) is 3.11. The van der Waals surface area contributed by atoms with Crippen molar-refractivity contribution in [3.63, 3.8) is 0 Å². The number of fused-ring (bicyclic) bond motifs is 3. The van der Waals surface area contributed by atoms with Gasteiger partial charge in [-0.05, 0) is 42.5 Å². The van der Waals surface area contributed by atoms with E-state index in [4.69, 9.17) is 10.00 Å². The van der Waals surface area contributed by atoms with E-state index in [1.54, 1.807) is 30.3 Å². The van der Waals surface area contributed by atoms with Crippen LogP contribution in [0.4, 0.5) is 0 Å². The fourth-order valence-electron chi connectivity index (χ4n) is 3.94. The highest BCUT2D eigenvalue weighted by Crippen LogP contribution is 2.41. The Morgan fingerprint density at radius 3 is 2.69 bits per heavy atom. The van der Waals surface area contributed by atoms with Crippen LogP contribution < -0.4 is 9.46 Å². The predicted molar refractivity (Wildman–Crippen MR) is 116 cm³/mol. The third-order valence-corrected chi connectivity index (χ3v) is 7.36. The van der Waals surface area contributed by atoms with Crippen molar-refractivity contribution in [1.29, 1.82) is 5.26 Å². The van der Waals surface area contributed by atoms with Crippen molar-refractivity contribution < 1.29 is 13.2 Å². The van der Waals surface area contributed by atoms with Crippen LogP contribution in [-0.4, -0.2) is 46.1 Å². The average molecular weight is 499 g/mol. The smallest absolute Gasteiger partial charge is 0.240 e. The van der Waals surface area contributed by atoms with Gasteiger partial charge >= 0.3 is 0 Å². The van der Waals surface area contributed by atoms with Crippen molar-refractivity contribution in [2.24, 2.45) is 5.92 Å². The zero-order valence-electron chi connectivity index (χ0n) is 15.5. The van der Waals surface area contributed by atoms with Gasteiger partial charge in [-0.1, -0.05) is 15.9 Å². The largest absolute Gasteiger partial charge is 0.493 e. The van der Waals surface area contributed by atoms with Crippen LogP contribution in [0.15, 0.2) is 51.8 Å². The lowest BCUT2D eigenvalue weighted by Gasteiger charge is -2.27. The molecule has 0 saturated carbocycles. The fraction of sp³-hybridized carbons (Fsp3) is 0.350. The van der Waals surface area contributed by atoms with Gasteiger partial charge in [0, 0.05) is 48.1 Å². The van der Waals surface area contributed by atoms with Gasteiger partial charge in [-0.25, -0.2) is 13.1 Å². The second kappa shape index (κ2) is 9.02. The first-order valence-electron chi connectivity index (χ1n) is 9.11. The Bertz CT molecular complexity index is 1020. The Labute approximate surface area is 185 Å². The van der Waals surface area contributed by atoms with E-state index in [0.29, 0.717) is 37.1 Å². The number of hydrogen-bond acceptors (Lipinski definition) is 5. The molecule has 0 bridgehead atoms. The number of ether oxygens (including phenoxy) is 1. The molecule has 1 fully saturated rings. The molecule has 0 amide bonds. The Balaban J connectivity index is 0.00000240. The minimum atomic E-state index is -3.51. The number of benzene rings is 2. The van der Waals surface area contributed by atoms with Crippen LogP contribution in [0.5, 0.6) is 5.75 Å². The molecule has 1 N–H and O–H groups in total. The van der Waals surface area contributed by atoms with Gasteiger partial charge in [-0.3, -0.25) is 0 Å². The number of nitrogens with one attached hydrogen (secondary N) is 1. The molecule has 2 heterocycles. The molecule has 154 valence electrons. The standard InChI is InChI=1S/C20H20BrN3O3S.ClH/c21-16-2-4-17(5-3-16)28(25,26)23-7-8-24-11-15-13-27-20-6-1-14(10-22)9-18(20)19(15)12-24;/h1-6,9,15,19,23H,7-8,11-13H2;1H. The van der Waals surface area contributed by atoms with E-state index in [9.17, 15) is 8.42 Å². The van der Waals surface area contributed by atoms with Crippen LogP contribution in [0.2, 0.25) is 0 Å². The zero-order chi connectivity index (χ0) is 19.7. The normalized spacial score (nSPS) is 20.7. The van der Waals surface area contributed by atoms with E-state index in [1.165, 1.54) is 0 Å². The Hall–Kier alpha value is -1.63. The van der Waals surface area contributed by atoms with Crippen molar-refractivity contribution in [3.8, 4) is 11.8 Å². The maximum atomic E-state index is 12.4. The first kappa shape index (κ1) is 22.1. The van der Waals surface area contributed by atoms with Gasteiger partial charge in [-0.2, -0.15) is 5.26 Å². The van der Waals surface area contributed by atoms with Crippen LogP contribution in [0.1, 0.15) is 17.0 Å². The van der Waals surface area contributed by atoms with Gasteiger partial charge < -0.3 is 9.64 Å². The van der Waals surface area contributed by atoms with Crippen LogP contribution in [-0.2, 0) is 10.0 Å². The predicted octanol–water partition coefficient (Wildman–Crippen LogP) is 3.13. The lowest BCUT2D eigenvalue weighted by molar-refractivity contribution is 0.213. The fourth-order valence-corrected chi connectivity index (χ4v) is 5.22. The highest BCUT2D eigenvalue weighted by Gasteiger charge is 2.38. The molecule has 2 aromatic rings. The number of sulfonamides is 1. The molecular formula is C20H21BrClN3O3S. The zero-order valence-corrected chi connectivity index (χ0v) is 18.8. The van der Waals surface area contributed by atoms with E-state index in [0.717, 1.165) is 28.9 Å². The Morgan fingerprint density at radius 2 is 1.97 bits per heavy atom. The van der Waals surface area contributed by atoms with E-state index in [-0.39, 0.29) is 17.3 Å². The lowest BCUT2D eigenvalue weighted by atomic mass is 9.86. The summed E-state index contributed by atoms with van der Waals surface area (Å²) < 4.78 is 34.2. The van der Waals surface area contributed by atoms with E-state index in [2.05, 4.69) is 31.6 Å². The summed E-state index contributed by atoms with van der Waals surface area (Å²) in [4.78, 5) is 2.52. The second-order valence-corrected chi connectivity index (χ2v) is 9.84. The molecule has 2 aliphatic rings. The number of rotatable bonds is 5. The van der Waals surface area contributed by atoms with Gasteiger partial charge in [0.05, 0.1) is 23.1 Å². The SMILES string of the molecule is Cl.N#Cc1ccc2c(c1)C1CN(CCNS(=O)(=O)c3ccc(Br)cc3)CC1CO2. The molecule has 0 spiro atoms. The summed E-state index contributed by atoms with van der Waals surface area (Å²) in [5, 5.41) is 9.16. The van der Waals surface area contributed by atoms with E-state index < -0.39 is 10.0 Å². The third kappa shape index (κ3) is 4.76. The number of likely N-dealkylation sites (tertiary alicyclic amines) is 1. The topological polar surface area (TPSA) is 82.4 Å². The van der Waals surface area contributed by atoms with Crippen molar-refractivity contribution >= 4 is 38.4 Å². The molecule has 0 radical (unpaired) electrons. The molecule has 0 aromatic heterocycles. The molecule has 4 rings (SSSR count). The summed E-state index contributed by atoms with van der Waals surface area (Å²) in [6.07, 6.45) is 0. The van der Waals surface area contributed by atoms with E-state index >= 15 is 0 Å². The monoisotopic (exact) mass is 497 g/mol. The summed E-state index contributed by atoms with van der Waals surface area (Å²) in [6, 6.07) is 14.4. The second-order valence-electron chi connectivity index (χ2n) is 7.15. The Kier molecular flexibility index (Phi) is 6.87. The molecule has 6 nitrogen and oxygen atoms in total. The third-order valence-electron chi connectivity index (χ3n) is 5.35. The van der Waals surface area contributed by atoms with Gasteiger partial charge in [0.2, 0.25) is 10.0 Å². The minimum absolute atomic E-state index is 0. The summed E-state index contributed by atoms with van der Waals surface area (Å²) >= 11 is 3.31. The number of nitriles is 1. The highest BCUT2D eigenvalue weighted by molar-refractivity contribution is 9.10. The number of hydrogen-bond donors (Lipinski definition) is 1. The molecule has 2 aliphatic heterocycles. The maximum Gasteiger partial charge on any atom is 0.240 e. The van der Waals surface area contributed by atoms with Crippen LogP contribution in [0, 0.1) is 17.2 Å². The van der Waals surface area contributed by atoms with Crippen LogP contribution in [0.3, 0.4) is 0 Å². The number of halogens is 2. The first-order chi connectivity index (χ1) is 13.5. The van der Waals surface area contributed by atoms with Gasteiger partial charge in [0.25, 0.3) is 0 Å². The summed E-state index contributed by atoms with van der Waals surface area (Å²) in [7, 11) is -3.51. The van der Waals surface area contributed by atoms with Crippen LogP contribution in [0.25, 0.3) is 0 Å². The van der Waals surface area contributed by atoms with Crippen molar-refractivity contribution in [3.05, 3.63) is 58.1 Å². The number of nitrogens with zero attached hydrogens (tertiary/aromatic N) is 2. The maximum absolute atomic E-state index is 12.4. The molecular weight excluding hydrogens is 478 g/mol. The first-order valence-corrected chi connectivity index (χ1v) is 11.4. The molecule has 2 atom stereocenters. The highest BCUT2D eigenvalue weighted by atomic mass is 79.9. The van der Waals surface area contributed by atoms with Gasteiger partial charge in [0.1, 0.15) is 5.75 Å². The molecule has 0 aliphatic carbocycles. The molecule has 29 heavy (non-hydrogen) atoms. The van der Waals surface area contributed by atoms with Gasteiger partial charge in [0.15, 0.2) is 0 Å². The summed E-state index contributed by atoms with van der Waals surface area (Å²) in [5.74, 6) is 1.54. The van der Waals surface area contributed by atoms with E-state index in [1.807, 2.05) is 12.1 Å². The van der Waals surface area contributed by atoms with Gasteiger partial charge in [-0.15, -0.1) is 12.4 Å². The van der Waals surface area contributed by atoms with Crippen molar-refractivity contribution in [2.75, 3.05) is 32.8 Å². The molecule has 2 unspecified atom stereocenters.